The first-order chi connectivity index (χ1) is 14.7. The highest BCUT2D eigenvalue weighted by molar-refractivity contribution is 14.0. The number of nitrogens with zero attached hydrogens (tertiary/aromatic N) is 5. The monoisotopic (exact) mass is 550 g/mol. The maximum atomic E-state index is 12.5. The van der Waals surface area contributed by atoms with Gasteiger partial charge in [-0.05, 0) is 51.7 Å². The molecule has 9 heteroatoms. The third kappa shape index (κ3) is 8.66. The fourth-order valence-electron chi connectivity index (χ4n) is 4.59. The number of guanidine groups is 1. The molecule has 0 saturated carbocycles. The summed E-state index contributed by atoms with van der Waals surface area (Å²) in [6.45, 7) is 16.9. The number of carbonyl (C=O) groups excluding carboxylic acids is 1. The van der Waals surface area contributed by atoms with E-state index in [1.54, 1.807) is 0 Å². The van der Waals surface area contributed by atoms with Gasteiger partial charge in [0.25, 0.3) is 0 Å². The van der Waals surface area contributed by atoms with Crippen LogP contribution in [-0.2, 0) is 9.53 Å². The van der Waals surface area contributed by atoms with Crippen LogP contribution in [0.3, 0.4) is 0 Å². The maximum absolute atomic E-state index is 12.5. The van der Waals surface area contributed by atoms with E-state index in [2.05, 4.69) is 33.9 Å². The number of likely N-dealkylation sites (tertiary alicyclic amines) is 1. The molecule has 1 N–H and O–H groups in total. The molecule has 0 atom stereocenters. The molecule has 180 valence electrons. The zero-order valence-electron chi connectivity index (χ0n) is 19.6. The molecule has 3 aliphatic heterocycles. The quantitative estimate of drug-likeness (QED) is 0.292. The first-order valence-electron chi connectivity index (χ1n) is 12.0. The van der Waals surface area contributed by atoms with E-state index in [4.69, 9.17) is 9.73 Å². The highest BCUT2D eigenvalue weighted by Crippen LogP contribution is 2.20. The van der Waals surface area contributed by atoms with E-state index in [1.165, 1.54) is 38.9 Å². The molecule has 3 fully saturated rings. The Hall–Kier alpha value is -0.650. The average Bonchev–Trinajstić information content (AvgIpc) is 2.80. The number of halogens is 1. The normalized spacial score (nSPS) is 22.3. The molecule has 3 aliphatic rings. The number of rotatable bonds is 7. The number of carbonyl (C=O) groups is 1. The van der Waals surface area contributed by atoms with Gasteiger partial charge in [-0.2, -0.15) is 0 Å². The smallest absolute Gasteiger partial charge is 0.236 e. The highest BCUT2D eigenvalue weighted by Gasteiger charge is 2.24. The SMILES string of the molecule is CCNC(=NCCC1CCN(CC)CC1)N1CCN(CC(=O)N2CCOCC2)CC1.I. The standard InChI is InChI=1S/C22H42N6O2.HI/c1-3-23-22(24-8-5-20-6-9-25(4-2)10-7-20)28-13-11-26(12-14-28)19-21(29)27-15-17-30-18-16-27;/h20H,3-19H2,1-2H3,(H,23,24);1H. The molecule has 0 radical (unpaired) electrons. The molecule has 3 heterocycles. The summed E-state index contributed by atoms with van der Waals surface area (Å²) in [5, 5.41) is 3.47. The van der Waals surface area contributed by atoms with Crippen molar-refractivity contribution in [1.29, 1.82) is 0 Å². The number of amides is 1. The predicted octanol–water partition coefficient (Wildman–Crippen LogP) is 1.17. The summed E-state index contributed by atoms with van der Waals surface area (Å²) in [5.74, 6) is 2.10. The number of morpholine rings is 1. The zero-order chi connectivity index (χ0) is 21.2. The van der Waals surface area contributed by atoms with E-state index in [0.717, 1.165) is 64.2 Å². The third-order valence-corrected chi connectivity index (χ3v) is 6.68. The van der Waals surface area contributed by atoms with Crippen molar-refractivity contribution >= 4 is 35.8 Å². The van der Waals surface area contributed by atoms with Crippen LogP contribution in [-0.4, -0.2) is 123 Å². The molecule has 1 amide bonds. The second kappa shape index (κ2) is 14.5. The maximum Gasteiger partial charge on any atom is 0.236 e. The lowest BCUT2D eigenvalue weighted by molar-refractivity contribution is -0.136. The number of hydrogen-bond donors (Lipinski definition) is 1. The minimum atomic E-state index is 0. The zero-order valence-corrected chi connectivity index (χ0v) is 21.9. The van der Waals surface area contributed by atoms with Crippen LogP contribution in [0, 0.1) is 5.92 Å². The van der Waals surface area contributed by atoms with Crippen LogP contribution >= 0.6 is 24.0 Å². The Morgan fingerprint density at radius 2 is 1.61 bits per heavy atom. The third-order valence-electron chi connectivity index (χ3n) is 6.68. The Morgan fingerprint density at radius 1 is 0.935 bits per heavy atom. The summed E-state index contributed by atoms with van der Waals surface area (Å²) in [6.07, 6.45) is 3.83. The molecule has 0 aromatic rings. The molecule has 0 aromatic heterocycles. The number of piperidine rings is 1. The topological polar surface area (TPSA) is 63.7 Å². The first-order valence-corrected chi connectivity index (χ1v) is 12.0. The van der Waals surface area contributed by atoms with Crippen LogP contribution in [0.2, 0.25) is 0 Å². The fraction of sp³-hybridized carbons (Fsp3) is 0.909. The van der Waals surface area contributed by atoms with Gasteiger partial charge in [-0.25, -0.2) is 0 Å². The summed E-state index contributed by atoms with van der Waals surface area (Å²) in [7, 11) is 0. The van der Waals surface area contributed by atoms with Crippen molar-refractivity contribution in [2.45, 2.75) is 33.1 Å². The average molecular weight is 551 g/mol. The molecule has 0 aliphatic carbocycles. The predicted molar refractivity (Wildman–Crippen MR) is 136 cm³/mol. The fourth-order valence-corrected chi connectivity index (χ4v) is 4.59. The number of ether oxygens (including phenoxy) is 1. The molecule has 3 saturated heterocycles. The van der Waals surface area contributed by atoms with E-state index in [9.17, 15) is 4.79 Å². The largest absolute Gasteiger partial charge is 0.378 e. The minimum absolute atomic E-state index is 0. The molecule has 0 bridgehead atoms. The molecular formula is C22H43IN6O2. The van der Waals surface area contributed by atoms with Crippen molar-refractivity contribution in [3.63, 3.8) is 0 Å². The molecule has 3 rings (SSSR count). The van der Waals surface area contributed by atoms with Crippen molar-refractivity contribution < 1.29 is 9.53 Å². The van der Waals surface area contributed by atoms with Gasteiger partial charge < -0.3 is 24.8 Å². The van der Waals surface area contributed by atoms with Crippen molar-refractivity contribution in [1.82, 2.24) is 24.9 Å². The van der Waals surface area contributed by atoms with Crippen molar-refractivity contribution in [2.24, 2.45) is 10.9 Å². The summed E-state index contributed by atoms with van der Waals surface area (Å²) < 4.78 is 5.35. The number of nitrogens with one attached hydrogen (secondary N) is 1. The summed E-state index contributed by atoms with van der Waals surface area (Å²) in [5.41, 5.74) is 0. The van der Waals surface area contributed by atoms with Gasteiger partial charge in [0.15, 0.2) is 5.96 Å². The van der Waals surface area contributed by atoms with Crippen LogP contribution in [0.5, 0.6) is 0 Å². The summed E-state index contributed by atoms with van der Waals surface area (Å²) in [4.78, 5) is 26.6. The van der Waals surface area contributed by atoms with E-state index in [-0.39, 0.29) is 29.9 Å². The highest BCUT2D eigenvalue weighted by atomic mass is 127. The van der Waals surface area contributed by atoms with Crippen molar-refractivity contribution in [3.05, 3.63) is 0 Å². The van der Waals surface area contributed by atoms with Gasteiger partial charge in [0, 0.05) is 52.4 Å². The summed E-state index contributed by atoms with van der Waals surface area (Å²) >= 11 is 0. The van der Waals surface area contributed by atoms with E-state index >= 15 is 0 Å². The lowest BCUT2D eigenvalue weighted by Gasteiger charge is -2.37. The Balaban J connectivity index is 0.00000341. The second-order valence-electron chi connectivity index (χ2n) is 8.66. The molecule has 8 nitrogen and oxygen atoms in total. The van der Waals surface area contributed by atoms with Gasteiger partial charge in [0.05, 0.1) is 19.8 Å². The van der Waals surface area contributed by atoms with Gasteiger partial charge in [0.2, 0.25) is 5.91 Å². The van der Waals surface area contributed by atoms with Crippen LogP contribution in [0.25, 0.3) is 0 Å². The number of aliphatic imine (C=N–C) groups is 1. The molecule has 0 aromatic carbocycles. The minimum Gasteiger partial charge on any atom is -0.378 e. The van der Waals surface area contributed by atoms with Gasteiger partial charge in [-0.3, -0.25) is 14.7 Å². The Morgan fingerprint density at radius 3 is 2.23 bits per heavy atom. The number of hydrogen-bond acceptors (Lipinski definition) is 5. The van der Waals surface area contributed by atoms with Gasteiger partial charge in [0.1, 0.15) is 0 Å². The molecule has 0 spiro atoms. The number of piperazine rings is 1. The summed E-state index contributed by atoms with van der Waals surface area (Å²) in [6, 6.07) is 0. The Kier molecular flexibility index (Phi) is 12.4. The molecular weight excluding hydrogens is 507 g/mol. The molecule has 0 unspecified atom stereocenters. The van der Waals surface area contributed by atoms with E-state index in [1.807, 2.05) is 4.90 Å². The molecule has 31 heavy (non-hydrogen) atoms. The van der Waals surface area contributed by atoms with Gasteiger partial charge in [-0.15, -0.1) is 24.0 Å². The van der Waals surface area contributed by atoms with E-state index in [0.29, 0.717) is 19.8 Å². The lowest BCUT2D eigenvalue weighted by atomic mass is 9.94. The second-order valence-corrected chi connectivity index (χ2v) is 8.66. The lowest BCUT2D eigenvalue weighted by Crippen LogP contribution is -2.55. The Labute approximate surface area is 205 Å². The van der Waals surface area contributed by atoms with Crippen molar-refractivity contribution in [2.75, 3.05) is 91.8 Å². The van der Waals surface area contributed by atoms with Crippen molar-refractivity contribution in [3.8, 4) is 0 Å². The van der Waals surface area contributed by atoms with Gasteiger partial charge in [-0.1, -0.05) is 6.92 Å². The van der Waals surface area contributed by atoms with Crippen LogP contribution in [0.15, 0.2) is 4.99 Å². The Bertz CT molecular complexity index is 542. The first kappa shape index (κ1) is 26.6. The van der Waals surface area contributed by atoms with Crippen LogP contribution in [0.4, 0.5) is 0 Å². The van der Waals surface area contributed by atoms with Gasteiger partial charge >= 0.3 is 0 Å². The van der Waals surface area contributed by atoms with E-state index < -0.39 is 0 Å². The van der Waals surface area contributed by atoms with Crippen LogP contribution < -0.4 is 5.32 Å². The van der Waals surface area contributed by atoms with Crippen LogP contribution in [0.1, 0.15) is 33.1 Å².